The Bertz CT molecular complexity index is 329. The van der Waals surface area contributed by atoms with Gasteiger partial charge in [0.1, 0.15) is 0 Å². The van der Waals surface area contributed by atoms with Crippen molar-refractivity contribution in [1.29, 1.82) is 0 Å². The van der Waals surface area contributed by atoms with Crippen molar-refractivity contribution in [2.45, 2.75) is 20.3 Å². The summed E-state index contributed by atoms with van der Waals surface area (Å²) in [7, 11) is 0. The van der Waals surface area contributed by atoms with E-state index in [0.29, 0.717) is 5.92 Å². The van der Waals surface area contributed by atoms with Gasteiger partial charge in [-0.3, -0.25) is 0 Å². The SMILES string of the molecule is C/C=C\C(C)Cc1ccc(F)c(F)c1. The van der Waals surface area contributed by atoms with E-state index in [4.69, 9.17) is 0 Å². The van der Waals surface area contributed by atoms with Crippen LogP contribution in [0.1, 0.15) is 19.4 Å². The topological polar surface area (TPSA) is 0 Å². The highest BCUT2D eigenvalue weighted by Crippen LogP contribution is 2.13. The fourth-order valence-electron chi connectivity index (χ4n) is 1.43. The molecule has 0 fully saturated rings. The Morgan fingerprint density at radius 3 is 2.57 bits per heavy atom. The minimum atomic E-state index is -0.785. The molecule has 0 aliphatic carbocycles. The molecule has 0 aliphatic rings. The van der Waals surface area contributed by atoms with Gasteiger partial charge in [0.2, 0.25) is 0 Å². The van der Waals surface area contributed by atoms with Crippen LogP contribution in [0.5, 0.6) is 0 Å². The van der Waals surface area contributed by atoms with E-state index >= 15 is 0 Å². The lowest BCUT2D eigenvalue weighted by atomic mass is 10.0. The lowest BCUT2D eigenvalue weighted by Gasteiger charge is -2.06. The van der Waals surface area contributed by atoms with Crippen LogP contribution in [0.15, 0.2) is 30.4 Å². The molecule has 0 saturated heterocycles. The molecule has 76 valence electrons. The second kappa shape index (κ2) is 4.89. The average Bonchev–Trinajstić information content (AvgIpc) is 2.12. The third-order valence-corrected chi connectivity index (χ3v) is 2.06. The lowest BCUT2D eigenvalue weighted by molar-refractivity contribution is 0.506. The first-order valence-corrected chi connectivity index (χ1v) is 4.70. The monoisotopic (exact) mass is 196 g/mol. The number of hydrogen-bond acceptors (Lipinski definition) is 0. The number of benzene rings is 1. The van der Waals surface area contributed by atoms with E-state index in [1.165, 1.54) is 12.1 Å². The second-order valence-corrected chi connectivity index (χ2v) is 3.46. The molecule has 0 nitrogen and oxygen atoms in total. The summed E-state index contributed by atoms with van der Waals surface area (Å²) in [6.45, 7) is 3.99. The van der Waals surface area contributed by atoms with Gasteiger partial charge >= 0.3 is 0 Å². The van der Waals surface area contributed by atoms with Crippen molar-refractivity contribution in [3.63, 3.8) is 0 Å². The maximum Gasteiger partial charge on any atom is 0.159 e. The molecule has 0 aromatic heterocycles. The Balaban J connectivity index is 2.73. The molecule has 1 aromatic rings. The van der Waals surface area contributed by atoms with Gasteiger partial charge in [-0.15, -0.1) is 0 Å². The molecular weight excluding hydrogens is 182 g/mol. The molecule has 1 atom stereocenters. The van der Waals surface area contributed by atoms with Crippen LogP contribution in [-0.4, -0.2) is 0 Å². The van der Waals surface area contributed by atoms with Crippen LogP contribution in [0.25, 0.3) is 0 Å². The number of hydrogen-bond donors (Lipinski definition) is 0. The molecule has 1 unspecified atom stereocenters. The quantitative estimate of drug-likeness (QED) is 0.646. The number of rotatable bonds is 3. The smallest absolute Gasteiger partial charge is 0.159 e. The third-order valence-electron chi connectivity index (χ3n) is 2.06. The van der Waals surface area contributed by atoms with E-state index in [-0.39, 0.29) is 0 Å². The van der Waals surface area contributed by atoms with E-state index in [1.54, 1.807) is 6.07 Å². The fraction of sp³-hybridized carbons (Fsp3) is 0.333. The first-order chi connectivity index (χ1) is 6.63. The van der Waals surface area contributed by atoms with Gasteiger partial charge < -0.3 is 0 Å². The molecule has 0 saturated carbocycles. The Kier molecular flexibility index (Phi) is 3.81. The molecule has 0 radical (unpaired) electrons. The van der Waals surface area contributed by atoms with E-state index in [0.717, 1.165) is 12.0 Å². The average molecular weight is 196 g/mol. The van der Waals surface area contributed by atoms with Crippen LogP contribution in [0.4, 0.5) is 8.78 Å². The van der Waals surface area contributed by atoms with Crippen molar-refractivity contribution in [1.82, 2.24) is 0 Å². The van der Waals surface area contributed by atoms with Crippen LogP contribution in [0.2, 0.25) is 0 Å². The summed E-state index contributed by atoms with van der Waals surface area (Å²) < 4.78 is 25.4. The highest BCUT2D eigenvalue weighted by atomic mass is 19.2. The zero-order valence-corrected chi connectivity index (χ0v) is 8.43. The largest absolute Gasteiger partial charge is 0.204 e. The van der Waals surface area contributed by atoms with Crippen molar-refractivity contribution in [3.8, 4) is 0 Å². The predicted molar refractivity (Wildman–Crippen MR) is 54.0 cm³/mol. The molecule has 0 aliphatic heterocycles. The molecule has 1 rings (SSSR count). The summed E-state index contributed by atoms with van der Waals surface area (Å²) >= 11 is 0. The first kappa shape index (κ1) is 10.9. The van der Waals surface area contributed by atoms with Crippen LogP contribution in [0.3, 0.4) is 0 Å². The van der Waals surface area contributed by atoms with E-state index < -0.39 is 11.6 Å². The highest BCUT2D eigenvalue weighted by molar-refractivity contribution is 5.18. The Morgan fingerprint density at radius 1 is 1.29 bits per heavy atom. The Hall–Kier alpha value is -1.18. The summed E-state index contributed by atoms with van der Waals surface area (Å²) in [6.07, 6.45) is 4.74. The maximum atomic E-state index is 12.8. The summed E-state index contributed by atoms with van der Waals surface area (Å²) in [4.78, 5) is 0. The number of allylic oxidation sites excluding steroid dienone is 2. The molecule has 0 amide bonds. The van der Waals surface area contributed by atoms with E-state index in [1.807, 2.05) is 26.0 Å². The fourth-order valence-corrected chi connectivity index (χ4v) is 1.43. The van der Waals surface area contributed by atoms with Gasteiger partial charge in [0.05, 0.1) is 0 Å². The number of halogens is 2. The predicted octanol–water partition coefficient (Wildman–Crippen LogP) is 3.72. The van der Waals surface area contributed by atoms with Crippen molar-refractivity contribution in [2.24, 2.45) is 5.92 Å². The minimum Gasteiger partial charge on any atom is -0.204 e. The van der Waals surface area contributed by atoms with E-state index in [2.05, 4.69) is 0 Å². The van der Waals surface area contributed by atoms with Gasteiger partial charge in [-0.25, -0.2) is 8.78 Å². The molecule has 2 heteroatoms. The molecule has 0 N–H and O–H groups in total. The van der Waals surface area contributed by atoms with Gasteiger partial charge in [-0.05, 0) is 37.0 Å². The standard InChI is InChI=1S/C12H14F2/c1-3-4-9(2)7-10-5-6-11(13)12(14)8-10/h3-6,8-9H,7H2,1-2H3/b4-3-. The highest BCUT2D eigenvalue weighted by Gasteiger charge is 2.04. The molecule has 1 aromatic carbocycles. The first-order valence-electron chi connectivity index (χ1n) is 4.70. The molecule has 0 heterocycles. The van der Waals surface area contributed by atoms with Crippen LogP contribution in [0, 0.1) is 17.6 Å². The van der Waals surface area contributed by atoms with Gasteiger partial charge in [0.15, 0.2) is 11.6 Å². The van der Waals surface area contributed by atoms with Crippen LogP contribution < -0.4 is 0 Å². The van der Waals surface area contributed by atoms with Gasteiger partial charge in [0, 0.05) is 0 Å². The summed E-state index contributed by atoms with van der Waals surface area (Å²) in [6, 6.07) is 4.06. The Morgan fingerprint density at radius 2 is 2.00 bits per heavy atom. The normalized spacial score (nSPS) is 13.4. The molecular formula is C12H14F2. The molecule has 0 spiro atoms. The zero-order chi connectivity index (χ0) is 10.6. The van der Waals surface area contributed by atoms with Crippen LogP contribution in [-0.2, 0) is 6.42 Å². The maximum absolute atomic E-state index is 12.8. The lowest BCUT2D eigenvalue weighted by Crippen LogP contribution is -1.97. The summed E-state index contributed by atoms with van der Waals surface area (Å²) in [5.41, 5.74) is 0.828. The van der Waals surface area contributed by atoms with Gasteiger partial charge in [0.25, 0.3) is 0 Å². The van der Waals surface area contributed by atoms with Gasteiger partial charge in [-0.2, -0.15) is 0 Å². The van der Waals surface area contributed by atoms with Crippen molar-refractivity contribution >= 4 is 0 Å². The summed E-state index contributed by atoms with van der Waals surface area (Å²) in [5, 5.41) is 0. The van der Waals surface area contributed by atoms with E-state index in [9.17, 15) is 8.78 Å². The zero-order valence-electron chi connectivity index (χ0n) is 8.43. The second-order valence-electron chi connectivity index (χ2n) is 3.46. The van der Waals surface area contributed by atoms with Crippen molar-refractivity contribution in [2.75, 3.05) is 0 Å². The molecule has 14 heavy (non-hydrogen) atoms. The van der Waals surface area contributed by atoms with Crippen molar-refractivity contribution in [3.05, 3.63) is 47.5 Å². The minimum absolute atomic E-state index is 0.352. The van der Waals surface area contributed by atoms with Crippen LogP contribution >= 0.6 is 0 Å². The van der Waals surface area contributed by atoms with Gasteiger partial charge in [-0.1, -0.05) is 25.1 Å². The Labute approximate surface area is 83.3 Å². The summed E-state index contributed by atoms with van der Waals surface area (Å²) in [5.74, 6) is -1.20. The third kappa shape index (κ3) is 2.95. The molecule has 0 bridgehead atoms. The van der Waals surface area contributed by atoms with Crippen molar-refractivity contribution < 1.29 is 8.78 Å².